The van der Waals surface area contributed by atoms with E-state index in [1.54, 1.807) is 13.0 Å². The minimum absolute atomic E-state index is 0.0140. The van der Waals surface area contributed by atoms with E-state index in [1.165, 1.54) is 19.3 Å². The summed E-state index contributed by atoms with van der Waals surface area (Å²) in [6.07, 6.45) is 14.9. The van der Waals surface area contributed by atoms with Crippen LogP contribution in [0.1, 0.15) is 72.1 Å². The summed E-state index contributed by atoms with van der Waals surface area (Å²) in [6.45, 7) is 13.6. The van der Waals surface area contributed by atoms with Crippen LogP contribution in [0.2, 0.25) is 0 Å². The number of unbranched alkanes of at least 4 members (excludes halogenated alkanes) is 3. The van der Waals surface area contributed by atoms with Crippen LogP contribution in [0.25, 0.3) is 0 Å². The number of rotatable bonds is 15. The van der Waals surface area contributed by atoms with E-state index in [1.807, 2.05) is 13.0 Å². The standard InChI is InChI=1S/C24H36O3/c1-6-10-11-12-13-14-15-18-27-23(25)17-16-21(8-3)19-22(9-4)24(26)20(5)7-2/h8,13-14,19,22H,2-3,6,9-12,15-18H2,1,4-5H3. The Labute approximate surface area is 165 Å². The minimum Gasteiger partial charge on any atom is -0.465 e. The molecule has 0 saturated carbocycles. The van der Waals surface area contributed by atoms with Crippen LogP contribution in [0.3, 0.4) is 0 Å². The Morgan fingerprint density at radius 2 is 1.81 bits per heavy atom. The summed E-state index contributed by atoms with van der Waals surface area (Å²) in [5.41, 5.74) is 4.07. The molecule has 0 aromatic carbocycles. The normalized spacial score (nSPS) is 12.5. The third kappa shape index (κ3) is 12.0. The highest BCUT2D eigenvalue weighted by Crippen LogP contribution is 2.17. The van der Waals surface area contributed by atoms with E-state index < -0.39 is 0 Å². The molecule has 0 aromatic heterocycles. The molecular weight excluding hydrogens is 336 g/mol. The van der Waals surface area contributed by atoms with Crippen LogP contribution in [0.4, 0.5) is 0 Å². The third-order valence-corrected chi connectivity index (χ3v) is 4.40. The molecule has 27 heavy (non-hydrogen) atoms. The van der Waals surface area contributed by atoms with E-state index in [9.17, 15) is 9.59 Å². The number of esters is 1. The fourth-order valence-electron chi connectivity index (χ4n) is 2.56. The molecule has 0 aromatic rings. The zero-order valence-corrected chi connectivity index (χ0v) is 17.4. The Morgan fingerprint density at radius 1 is 1.11 bits per heavy atom. The molecule has 3 heteroatoms. The molecule has 0 radical (unpaired) electrons. The Hall–Kier alpha value is -2.12. The number of ether oxygens (including phenoxy) is 1. The smallest absolute Gasteiger partial charge is 0.306 e. The first kappa shape index (κ1) is 24.9. The first-order valence-electron chi connectivity index (χ1n) is 10.0. The molecule has 0 fully saturated rings. The molecule has 0 spiro atoms. The van der Waals surface area contributed by atoms with E-state index in [-0.39, 0.29) is 17.7 Å². The molecule has 1 unspecified atom stereocenters. The van der Waals surface area contributed by atoms with Crippen LogP contribution in [-0.2, 0) is 14.3 Å². The van der Waals surface area contributed by atoms with E-state index in [4.69, 9.17) is 4.74 Å². The molecule has 0 amide bonds. The molecule has 150 valence electrons. The van der Waals surface area contributed by atoms with Gasteiger partial charge in [0.2, 0.25) is 0 Å². The summed E-state index contributed by atoms with van der Waals surface area (Å²) >= 11 is 0. The number of carbonyl (C=O) groups excluding carboxylic acids is 2. The predicted octanol–water partition coefficient (Wildman–Crippen LogP) is 6.28. The van der Waals surface area contributed by atoms with Gasteiger partial charge in [0.15, 0.2) is 5.78 Å². The zero-order chi connectivity index (χ0) is 20.5. The van der Waals surface area contributed by atoms with Crippen LogP contribution >= 0.6 is 0 Å². The lowest BCUT2D eigenvalue weighted by atomic mass is 9.93. The molecule has 0 bridgehead atoms. The van der Waals surface area contributed by atoms with Crippen LogP contribution < -0.4 is 0 Å². The lowest BCUT2D eigenvalue weighted by Crippen LogP contribution is -2.13. The van der Waals surface area contributed by atoms with Gasteiger partial charge in [0, 0.05) is 17.9 Å². The Balaban J connectivity index is 4.32. The Bertz CT molecular complexity index is 574. The second-order valence-corrected chi connectivity index (χ2v) is 6.60. The molecule has 1 atom stereocenters. The second-order valence-electron chi connectivity index (χ2n) is 6.60. The summed E-state index contributed by atoms with van der Waals surface area (Å²) in [5, 5.41) is 0. The summed E-state index contributed by atoms with van der Waals surface area (Å²) in [7, 11) is 0. The van der Waals surface area contributed by atoms with Gasteiger partial charge in [-0.2, -0.15) is 0 Å². The van der Waals surface area contributed by atoms with Crippen LogP contribution in [0, 0.1) is 5.92 Å². The first-order chi connectivity index (χ1) is 13.0. The molecule has 0 aliphatic heterocycles. The predicted molar refractivity (Wildman–Crippen MR) is 113 cm³/mol. The minimum atomic E-state index is -0.235. The molecule has 0 aliphatic rings. The third-order valence-electron chi connectivity index (χ3n) is 4.40. The van der Waals surface area contributed by atoms with Crippen molar-refractivity contribution in [3.05, 3.63) is 54.3 Å². The van der Waals surface area contributed by atoms with Gasteiger partial charge in [-0.1, -0.05) is 69.7 Å². The molecular formula is C24H36O3. The first-order valence-corrected chi connectivity index (χ1v) is 10.0. The molecule has 3 nitrogen and oxygen atoms in total. The molecule has 0 N–H and O–H groups in total. The van der Waals surface area contributed by atoms with Gasteiger partial charge in [-0.25, -0.2) is 0 Å². The van der Waals surface area contributed by atoms with Crippen molar-refractivity contribution < 1.29 is 14.3 Å². The Kier molecular flexibility index (Phi) is 14.8. The largest absolute Gasteiger partial charge is 0.465 e. The van der Waals surface area contributed by atoms with Crippen LogP contribution in [0.15, 0.2) is 54.3 Å². The maximum Gasteiger partial charge on any atom is 0.306 e. The SMILES string of the molecule is C=C=C(C)C(=O)C(C=C(C=C)CCC(=O)OCCC=CCCCCC)CC. The number of carbonyl (C=O) groups is 2. The highest BCUT2D eigenvalue weighted by molar-refractivity contribution is 5.97. The number of ketones is 1. The molecule has 0 heterocycles. The van der Waals surface area contributed by atoms with Crippen molar-refractivity contribution >= 4 is 11.8 Å². The average molecular weight is 373 g/mol. The van der Waals surface area contributed by atoms with Gasteiger partial charge in [-0.15, -0.1) is 5.73 Å². The maximum absolute atomic E-state index is 12.3. The Morgan fingerprint density at radius 3 is 2.41 bits per heavy atom. The summed E-state index contributed by atoms with van der Waals surface area (Å²) in [4.78, 5) is 24.1. The monoisotopic (exact) mass is 372 g/mol. The van der Waals surface area contributed by atoms with Crippen molar-refractivity contribution in [1.29, 1.82) is 0 Å². The fraction of sp³-hybridized carbons (Fsp3) is 0.542. The highest BCUT2D eigenvalue weighted by Gasteiger charge is 2.16. The molecule has 0 rings (SSSR count). The van der Waals surface area contributed by atoms with Crippen molar-refractivity contribution in [3.63, 3.8) is 0 Å². The highest BCUT2D eigenvalue weighted by atomic mass is 16.5. The van der Waals surface area contributed by atoms with Crippen molar-refractivity contribution in [2.24, 2.45) is 5.92 Å². The van der Waals surface area contributed by atoms with Gasteiger partial charge >= 0.3 is 5.97 Å². The fourth-order valence-corrected chi connectivity index (χ4v) is 2.56. The van der Waals surface area contributed by atoms with Crippen molar-refractivity contribution in [1.82, 2.24) is 0 Å². The second kappa shape index (κ2) is 16.1. The average Bonchev–Trinajstić information content (AvgIpc) is 2.69. The van der Waals surface area contributed by atoms with E-state index in [2.05, 4.69) is 38.0 Å². The van der Waals surface area contributed by atoms with E-state index >= 15 is 0 Å². The summed E-state index contributed by atoms with van der Waals surface area (Å²) < 4.78 is 5.26. The quantitative estimate of drug-likeness (QED) is 0.0849. The molecule has 0 saturated heterocycles. The lowest BCUT2D eigenvalue weighted by molar-refractivity contribution is -0.143. The van der Waals surface area contributed by atoms with Crippen LogP contribution in [0.5, 0.6) is 0 Å². The van der Waals surface area contributed by atoms with Gasteiger partial charge in [0.1, 0.15) is 0 Å². The molecule has 0 aliphatic carbocycles. The van der Waals surface area contributed by atoms with Crippen LogP contribution in [-0.4, -0.2) is 18.4 Å². The van der Waals surface area contributed by atoms with E-state index in [0.717, 1.165) is 18.4 Å². The summed E-state index contributed by atoms with van der Waals surface area (Å²) in [5.74, 6) is -0.440. The maximum atomic E-state index is 12.3. The van der Waals surface area contributed by atoms with Gasteiger partial charge < -0.3 is 4.74 Å². The van der Waals surface area contributed by atoms with Gasteiger partial charge in [-0.3, -0.25) is 9.59 Å². The zero-order valence-electron chi connectivity index (χ0n) is 17.4. The summed E-state index contributed by atoms with van der Waals surface area (Å²) in [6, 6.07) is 0. The number of allylic oxidation sites excluding steroid dienone is 5. The van der Waals surface area contributed by atoms with Gasteiger partial charge in [0.25, 0.3) is 0 Å². The number of hydrogen-bond donors (Lipinski definition) is 0. The van der Waals surface area contributed by atoms with Gasteiger partial charge in [-0.05, 0) is 39.0 Å². The van der Waals surface area contributed by atoms with Crippen molar-refractivity contribution in [2.75, 3.05) is 6.61 Å². The topological polar surface area (TPSA) is 43.4 Å². The number of Topliss-reactive ketones (excluding diaryl/α,β-unsaturated/α-hetero) is 1. The lowest BCUT2D eigenvalue weighted by Gasteiger charge is -2.11. The number of hydrogen-bond acceptors (Lipinski definition) is 3. The van der Waals surface area contributed by atoms with Gasteiger partial charge in [0.05, 0.1) is 6.61 Å². The van der Waals surface area contributed by atoms with Crippen molar-refractivity contribution in [2.45, 2.75) is 72.1 Å². The van der Waals surface area contributed by atoms with E-state index in [0.29, 0.717) is 31.4 Å². The van der Waals surface area contributed by atoms with Crippen molar-refractivity contribution in [3.8, 4) is 0 Å².